The van der Waals surface area contributed by atoms with Gasteiger partial charge in [0.1, 0.15) is 5.82 Å². The molecule has 2 bridgehead atoms. The van der Waals surface area contributed by atoms with Crippen molar-refractivity contribution >= 4 is 0 Å². The maximum Gasteiger partial charge on any atom is 0.123 e. The summed E-state index contributed by atoms with van der Waals surface area (Å²) in [6.45, 7) is 6.27. The SMILES string of the molecule is CCN(Cc1ccc(F)cc1C)C1CC2CCC(C1)N2. The van der Waals surface area contributed by atoms with Gasteiger partial charge in [-0.2, -0.15) is 0 Å². The molecule has 1 N–H and O–H groups in total. The van der Waals surface area contributed by atoms with Crippen molar-refractivity contribution in [2.24, 2.45) is 0 Å². The molecule has 0 saturated carbocycles. The molecule has 2 aliphatic rings. The van der Waals surface area contributed by atoms with Crippen molar-refractivity contribution in [3.63, 3.8) is 0 Å². The topological polar surface area (TPSA) is 15.3 Å². The molecule has 0 radical (unpaired) electrons. The van der Waals surface area contributed by atoms with Crippen LogP contribution < -0.4 is 5.32 Å². The van der Waals surface area contributed by atoms with E-state index in [1.807, 2.05) is 13.0 Å². The number of halogens is 1. The Bertz CT molecular complexity index is 462. The molecule has 0 amide bonds. The third-order valence-corrected chi connectivity index (χ3v) is 5.05. The zero-order valence-corrected chi connectivity index (χ0v) is 12.5. The summed E-state index contributed by atoms with van der Waals surface area (Å²) in [5, 5.41) is 3.71. The predicted molar refractivity (Wildman–Crippen MR) is 80.2 cm³/mol. The summed E-state index contributed by atoms with van der Waals surface area (Å²) < 4.78 is 13.2. The average Bonchev–Trinajstić information content (AvgIpc) is 2.77. The van der Waals surface area contributed by atoms with Gasteiger partial charge in [0.2, 0.25) is 0 Å². The van der Waals surface area contributed by atoms with Crippen molar-refractivity contribution in [3.8, 4) is 0 Å². The van der Waals surface area contributed by atoms with E-state index in [9.17, 15) is 4.39 Å². The lowest BCUT2D eigenvalue weighted by Gasteiger charge is -2.37. The van der Waals surface area contributed by atoms with Crippen molar-refractivity contribution < 1.29 is 4.39 Å². The van der Waals surface area contributed by atoms with E-state index in [2.05, 4.69) is 17.1 Å². The first-order chi connectivity index (χ1) is 9.65. The highest BCUT2D eigenvalue weighted by molar-refractivity contribution is 5.26. The number of nitrogens with one attached hydrogen (secondary N) is 1. The second kappa shape index (κ2) is 5.82. The van der Waals surface area contributed by atoms with Gasteiger partial charge in [-0.05, 0) is 62.4 Å². The van der Waals surface area contributed by atoms with E-state index in [0.717, 1.165) is 30.7 Å². The molecule has 1 aromatic rings. The largest absolute Gasteiger partial charge is 0.311 e. The minimum atomic E-state index is -0.130. The summed E-state index contributed by atoms with van der Waals surface area (Å²) >= 11 is 0. The van der Waals surface area contributed by atoms with Crippen LogP contribution in [0.1, 0.15) is 43.7 Å². The van der Waals surface area contributed by atoms with Crippen molar-refractivity contribution in [2.45, 2.75) is 64.2 Å². The molecule has 2 fully saturated rings. The Morgan fingerprint density at radius 3 is 2.55 bits per heavy atom. The van der Waals surface area contributed by atoms with Crippen LogP contribution >= 0.6 is 0 Å². The third-order valence-electron chi connectivity index (χ3n) is 5.05. The first-order valence-corrected chi connectivity index (χ1v) is 7.91. The zero-order valence-electron chi connectivity index (χ0n) is 12.5. The van der Waals surface area contributed by atoms with Crippen molar-refractivity contribution in [3.05, 3.63) is 35.1 Å². The van der Waals surface area contributed by atoms with Gasteiger partial charge in [-0.15, -0.1) is 0 Å². The zero-order chi connectivity index (χ0) is 14.1. The number of hydrogen-bond acceptors (Lipinski definition) is 2. The average molecular weight is 276 g/mol. The minimum Gasteiger partial charge on any atom is -0.311 e. The van der Waals surface area contributed by atoms with Crippen LogP contribution in [0.3, 0.4) is 0 Å². The molecule has 3 rings (SSSR count). The molecule has 20 heavy (non-hydrogen) atoms. The van der Waals surface area contributed by atoms with E-state index >= 15 is 0 Å². The predicted octanol–water partition coefficient (Wildman–Crippen LogP) is 3.24. The number of rotatable bonds is 4. The lowest BCUT2D eigenvalue weighted by molar-refractivity contribution is 0.140. The Morgan fingerprint density at radius 2 is 1.95 bits per heavy atom. The Labute approximate surface area is 121 Å². The lowest BCUT2D eigenvalue weighted by atomic mass is 9.97. The van der Waals surface area contributed by atoms with Gasteiger partial charge in [-0.25, -0.2) is 4.39 Å². The first-order valence-electron chi connectivity index (χ1n) is 7.91. The quantitative estimate of drug-likeness (QED) is 0.908. The first kappa shape index (κ1) is 14.0. The Balaban J connectivity index is 1.70. The molecule has 2 nitrogen and oxygen atoms in total. The number of fused-ring (bicyclic) bond motifs is 2. The number of hydrogen-bond donors (Lipinski definition) is 1. The van der Waals surface area contributed by atoms with E-state index in [1.54, 1.807) is 12.1 Å². The van der Waals surface area contributed by atoms with E-state index in [0.29, 0.717) is 6.04 Å². The molecule has 0 aromatic heterocycles. The van der Waals surface area contributed by atoms with Crippen LogP contribution in [0.15, 0.2) is 18.2 Å². The summed E-state index contributed by atoms with van der Waals surface area (Å²) in [5.41, 5.74) is 2.33. The van der Waals surface area contributed by atoms with Crippen molar-refractivity contribution in [1.82, 2.24) is 10.2 Å². The van der Waals surface area contributed by atoms with Gasteiger partial charge < -0.3 is 5.32 Å². The van der Waals surface area contributed by atoms with Gasteiger partial charge in [0, 0.05) is 24.7 Å². The third kappa shape index (κ3) is 2.89. The molecular formula is C17H25FN2. The van der Waals surface area contributed by atoms with E-state index in [1.165, 1.54) is 31.2 Å². The van der Waals surface area contributed by atoms with Gasteiger partial charge in [0.25, 0.3) is 0 Å². The highest BCUT2D eigenvalue weighted by atomic mass is 19.1. The fraction of sp³-hybridized carbons (Fsp3) is 0.647. The van der Waals surface area contributed by atoms with Crippen molar-refractivity contribution in [1.29, 1.82) is 0 Å². The molecular weight excluding hydrogens is 251 g/mol. The molecule has 1 aromatic carbocycles. The molecule has 0 spiro atoms. The normalized spacial score (nSPS) is 29.1. The Morgan fingerprint density at radius 1 is 1.25 bits per heavy atom. The smallest absolute Gasteiger partial charge is 0.123 e. The maximum atomic E-state index is 13.2. The van der Waals surface area contributed by atoms with Gasteiger partial charge >= 0.3 is 0 Å². The van der Waals surface area contributed by atoms with Crippen LogP contribution in [0.4, 0.5) is 4.39 Å². The highest BCUT2D eigenvalue weighted by Gasteiger charge is 2.35. The lowest BCUT2D eigenvalue weighted by Crippen LogP contribution is -2.48. The number of piperidine rings is 1. The van der Waals surface area contributed by atoms with E-state index in [-0.39, 0.29) is 5.82 Å². The molecule has 0 aliphatic carbocycles. The molecule has 110 valence electrons. The molecule has 2 saturated heterocycles. The maximum absolute atomic E-state index is 13.2. The fourth-order valence-electron chi connectivity index (χ4n) is 3.88. The summed E-state index contributed by atoms with van der Waals surface area (Å²) in [5.74, 6) is -0.130. The summed E-state index contributed by atoms with van der Waals surface area (Å²) in [6.07, 6.45) is 5.22. The second-order valence-corrected chi connectivity index (χ2v) is 6.40. The van der Waals surface area contributed by atoms with Gasteiger partial charge in [0.05, 0.1) is 0 Å². The molecule has 2 unspecified atom stereocenters. The fourth-order valence-corrected chi connectivity index (χ4v) is 3.88. The standard InChI is InChI=1S/C17H25FN2/c1-3-20(11-13-4-5-14(18)8-12(13)2)17-9-15-6-7-16(10-17)19-15/h4-5,8,15-17,19H,3,6-7,9-11H2,1-2H3. The summed E-state index contributed by atoms with van der Waals surface area (Å²) in [4.78, 5) is 2.58. The van der Waals surface area contributed by atoms with Gasteiger partial charge in [-0.3, -0.25) is 4.90 Å². The molecule has 3 heteroatoms. The van der Waals surface area contributed by atoms with E-state index in [4.69, 9.17) is 0 Å². The highest BCUT2D eigenvalue weighted by Crippen LogP contribution is 2.30. The Kier molecular flexibility index (Phi) is 4.08. The number of nitrogens with zero attached hydrogens (tertiary/aromatic N) is 1. The number of benzene rings is 1. The monoisotopic (exact) mass is 276 g/mol. The Hall–Kier alpha value is -0.930. The summed E-state index contributed by atoms with van der Waals surface area (Å²) in [7, 11) is 0. The van der Waals surface area contributed by atoms with Crippen LogP contribution in [0.25, 0.3) is 0 Å². The van der Waals surface area contributed by atoms with Crippen LogP contribution in [0, 0.1) is 12.7 Å². The van der Waals surface area contributed by atoms with Crippen molar-refractivity contribution in [2.75, 3.05) is 6.54 Å². The molecule has 2 aliphatic heterocycles. The summed E-state index contributed by atoms with van der Waals surface area (Å²) in [6, 6.07) is 7.31. The van der Waals surface area contributed by atoms with Crippen LogP contribution in [0.2, 0.25) is 0 Å². The minimum absolute atomic E-state index is 0.130. The van der Waals surface area contributed by atoms with Crippen LogP contribution in [0.5, 0.6) is 0 Å². The van der Waals surface area contributed by atoms with Gasteiger partial charge in [-0.1, -0.05) is 13.0 Å². The second-order valence-electron chi connectivity index (χ2n) is 6.40. The van der Waals surface area contributed by atoms with E-state index < -0.39 is 0 Å². The molecule has 2 atom stereocenters. The number of aryl methyl sites for hydroxylation is 1. The van der Waals surface area contributed by atoms with Crippen LogP contribution in [-0.2, 0) is 6.54 Å². The molecule has 2 heterocycles. The van der Waals surface area contributed by atoms with Gasteiger partial charge in [0.15, 0.2) is 0 Å². The van der Waals surface area contributed by atoms with Crippen LogP contribution in [-0.4, -0.2) is 29.6 Å².